The number of hydrogen-bond donors (Lipinski definition) is 3. The Morgan fingerprint density at radius 3 is 2.31 bits per heavy atom. The summed E-state index contributed by atoms with van der Waals surface area (Å²) in [5.74, 6) is 0. The van der Waals surface area contributed by atoms with Gasteiger partial charge < -0.3 is 11.1 Å². The van der Waals surface area contributed by atoms with Gasteiger partial charge >= 0.3 is 6.18 Å². The predicted octanol–water partition coefficient (Wildman–Crippen LogP) is 5.39. The van der Waals surface area contributed by atoms with Crippen LogP contribution in [0.3, 0.4) is 0 Å². The van der Waals surface area contributed by atoms with Crippen LogP contribution in [-0.2, 0) is 16.2 Å². The zero-order chi connectivity index (χ0) is 24.1. The van der Waals surface area contributed by atoms with Gasteiger partial charge in [-0.2, -0.15) is 13.2 Å². The average molecular weight is 549 g/mol. The Bertz CT molecular complexity index is 1060. The lowest BCUT2D eigenvalue weighted by molar-refractivity contribution is -0.137. The van der Waals surface area contributed by atoms with Gasteiger partial charge in [0, 0.05) is 23.8 Å². The van der Waals surface area contributed by atoms with Crippen molar-refractivity contribution in [3.63, 3.8) is 0 Å². The minimum Gasteiger partial charge on any atom is -0.399 e. The third kappa shape index (κ3) is 7.72. The van der Waals surface area contributed by atoms with E-state index in [9.17, 15) is 21.6 Å². The van der Waals surface area contributed by atoms with Crippen LogP contribution in [0.1, 0.15) is 18.4 Å². The van der Waals surface area contributed by atoms with Crippen molar-refractivity contribution in [3.05, 3.63) is 47.0 Å². The van der Waals surface area contributed by atoms with Crippen molar-refractivity contribution in [2.45, 2.75) is 30.0 Å². The highest BCUT2D eigenvalue weighted by atomic mass is 35.5. The fourth-order valence-corrected chi connectivity index (χ4v) is 4.59. The van der Waals surface area contributed by atoms with Crippen molar-refractivity contribution in [3.8, 4) is 11.1 Å². The van der Waals surface area contributed by atoms with Gasteiger partial charge in [0.1, 0.15) is 0 Å². The zero-order valence-electron chi connectivity index (χ0n) is 16.3. The van der Waals surface area contributed by atoms with Crippen molar-refractivity contribution in [2.75, 3.05) is 18.8 Å². The number of thiocarbonyl (C=S) groups is 1. The molecule has 5 nitrogen and oxygen atoms in total. The van der Waals surface area contributed by atoms with Gasteiger partial charge in [-0.05, 0) is 49.2 Å². The Kier molecular flexibility index (Phi) is 9.59. The minimum atomic E-state index is -4.66. The number of nitrogens with one attached hydrogen (secondary N) is 2. The Hall–Kier alpha value is -1.14. The Morgan fingerprint density at radius 1 is 1.22 bits per heavy atom. The van der Waals surface area contributed by atoms with E-state index in [2.05, 4.69) is 22.3 Å². The number of sulfonamides is 1. The van der Waals surface area contributed by atoms with E-state index in [4.69, 9.17) is 40.5 Å². The molecule has 1 aliphatic heterocycles. The van der Waals surface area contributed by atoms with Gasteiger partial charge in [-0.3, -0.25) is 0 Å². The highest BCUT2D eigenvalue weighted by Gasteiger charge is 2.35. The number of nitrogen functional groups attached to an aromatic ring is 1. The number of anilines is 1. The Balaban J connectivity index is 0.000000837. The molecule has 4 N–H and O–H groups in total. The van der Waals surface area contributed by atoms with E-state index in [0.29, 0.717) is 0 Å². The SMILES string of the molecule is Nc1cc(Cl)c(-c2ccc(S(=O)(=O)NCC3CCCN3)cc2)c(C(F)(F)F)c1.S=C(Cl)Cl. The maximum absolute atomic E-state index is 13.4. The molecule has 1 unspecified atom stereocenters. The van der Waals surface area contributed by atoms with Gasteiger partial charge in [-0.15, -0.1) is 0 Å². The number of rotatable bonds is 5. The van der Waals surface area contributed by atoms with Crippen molar-refractivity contribution >= 4 is 66.5 Å². The van der Waals surface area contributed by atoms with Crippen molar-refractivity contribution in [1.82, 2.24) is 10.0 Å². The molecule has 0 bridgehead atoms. The lowest BCUT2D eigenvalue weighted by Crippen LogP contribution is -2.37. The maximum Gasteiger partial charge on any atom is 0.417 e. The molecular formula is C19H19Cl3F3N3O2S2. The molecular weight excluding hydrogens is 530 g/mol. The second-order valence-electron chi connectivity index (χ2n) is 6.82. The average Bonchev–Trinajstić information content (AvgIpc) is 3.19. The Morgan fingerprint density at radius 2 is 1.81 bits per heavy atom. The first kappa shape index (κ1) is 27.1. The molecule has 0 saturated carbocycles. The highest BCUT2D eigenvalue weighted by Crippen LogP contribution is 2.42. The van der Waals surface area contributed by atoms with Crippen molar-refractivity contribution in [1.29, 1.82) is 0 Å². The van der Waals surface area contributed by atoms with E-state index in [1.807, 2.05) is 0 Å². The summed E-state index contributed by atoms with van der Waals surface area (Å²) in [4.78, 5) is -0.0330. The van der Waals surface area contributed by atoms with Crippen LogP contribution in [0.25, 0.3) is 11.1 Å². The summed E-state index contributed by atoms with van der Waals surface area (Å²) < 4.78 is 67.4. The van der Waals surface area contributed by atoms with Crippen LogP contribution in [0, 0.1) is 0 Å². The monoisotopic (exact) mass is 547 g/mol. The van der Waals surface area contributed by atoms with Gasteiger partial charge in [0.05, 0.1) is 15.5 Å². The number of benzene rings is 2. The van der Waals surface area contributed by atoms with Crippen LogP contribution in [-0.4, -0.2) is 31.3 Å². The summed E-state index contributed by atoms with van der Waals surface area (Å²) in [6.07, 6.45) is -2.78. The van der Waals surface area contributed by atoms with Crippen LogP contribution in [0.2, 0.25) is 5.02 Å². The van der Waals surface area contributed by atoms with Crippen LogP contribution in [0.5, 0.6) is 0 Å². The molecule has 0 amide bonds. The number of halogens is 6. The molecule has 0 radical (unpaired) electrons. The molecule has 1 fully saturated rings. The fourth-order valence-electron chi connectivity index (χ4n) is 3.17. The zero-order valence-corrected chi connectivity index (χ0v) is 20.2. The predicted molar refractivity (Wildman–Crippen MR) is 127 cm³/mol. The van der Waals surface area contributed by atoms with Crippen molar-refractivity contribution in [2.24, 2.45) is 0 Å². The van der Waals surface area contributed by atoms with E-state index < -0.39 is 21.8 Å². The smallest absolute Gasteiger partial charge is 0.399 e. The minimum absolute atomic E-state index is 0.0330. The molecule has 32 heavy (non-hydrogen) atoms. The number of hydrogen-bond acceptors (Lipinski definition) is 5. The quantitative estimate of drug-likeness (QED) is 0.265. The molecule has 1 saturated heterocycles. The normalized spacial score (nSPS) is 16.4. The first-order valence-electron chi connectivity index (χ1n) is 9.16. The molecule has 3 rings (SSSR count). The standard InChI is InChI=1S/C18H19ClF3N3O2S.CCl2S/c19-16-9-12(23)8-15(18(20,21)22)17(16)11-3-5-14(6-4-11)28(26,27)25-10-13-2-1-7-24-13;2-1(3)4/h3-6,8-9,13,24-25H,1-2,7,10,23H2;. The largest absolute Gasteiger partial charge is 0.417 e. The lowest BCUT2D eigenvalue weighted by atomic mass is 9.98. The Labute approximate surface area is 204 Å². The second-order valence-corrected chi connectivity index (χ2v) is 10.8. The van der Waals surface area contributed by atoms with E-state index in [0.717, 1.165) is 25.5 Å². The first-order valence-corrected chi connectivity index (χ1v) is 12.2. The number of alkyl halides is 3. The lowest BCUT2D eigenvalue weighted by Gasteiger charge is -2.16. The molecule has 0 spiro atoms. The summed E-state index contributed by atoms with van der Waals surface area (Å²) >= 11 is 19.6. The molecule has 13 heteroatoms. The topological polar surface area (TPSA) is 84.2 Å². The highest BCUT2D eigenvalue weighted by molar-refractivity contribution is 7.89. The van der Waals surface area contributed by atoms with Gasteiger partial charge in [-0.25, -0.2) is 13.1 Å². The van der Waals surface area contributed by atoms with Crippen LogP contribution in [0.15, 0.2) is 41.3 Å². The van der Waals surface area contributed by atoms with Gasteiger partial charge in [0.2, 0.25) is 10.0 Å². The van der Waals surface area contributed by atoms with Gasteiger partial charge in [0.25, 0.3) is 0 Å². The van der Waals surface area contributed by atoms with Crippen LogP contribution in [0.4, 0.5) is 18.9 Å². The molecule has 1 aliphatic rings. The summed E-state index contributed by atoms with van der Waals surface area (Å²) in [6.45, 7) is 1.11. The van der Waals surface area contributed by atoms with E-state index >= 15 is 0 Å². The molecule has 0 aliphatic carbocycles. The molecule has 2 aromatic carbocycles. The van der Waals surface area contributed by atoms with Crippen molar-refractivity contribution < 1.29 is 21.6 Å². The van der Waals surface area contributed by atoms with Crippen LogP contribution >= 0.6 is 47.0 Å². The number of nitrogens with two attached hydrogens (primary N) is 1. The van der Waals surface area contributed by atoms with Gasteiger partial charge in [-0.1, -0.05) is 59.2 Å². The summed E-state index contributed by atoms with van der Waals surface area (Å²) in [7, 11) is -3.77. The third-order valence-electron chi connectivity index (χ3n) is 4.55. The first-order chi connectivity index (χ1) is 14.8. The summed E-state index contributed by atoms with van der Waals surface area (Å²) in [6, 6.07) is 7.23. The maximum atomic E-state index is 13.4. The van der Waals surface area contributed by atoms with E-state index in [1.165, 1.54) is 30.3 Å². The molecule has 176 valence electrons. The molecule has 0 aromatic heterocycles. The summed E-state index contributed by atoms with van der Waals surface area (Å²) in [5.41, 5.74) is 4.32. The van der Waals surface area contributed by atoms with E-state index in [-0.39, 0.29) is 43.1 Å². The fraction of sp³-hybridized carbons (Fsp3) is 0.316. The van der Waals surface area contributed by atoms with Gasteiger partial charge in [0.15, 0.2) is 3.78 Å². The second kappa shape index (κ2) is 11.3. The molecule has 2 aromatic rings. The van der Waals surface area contributed by atoms with E-state index in [1.54, 1.807) is 0 Å². The summed E-state index contributed by atoms with van der Waals surface area (Å²) in [5, 5.41) is 3.03. The molecule has 1 heterocycles. The van der Waals surface area contributed by atoms with Crippen LogP contribution < -0.4 is 15.8 Å². The third-order valence-corrected chi connectivity index (χ3v) is 6.29. The molecule has 1 atom stereocenters.